The average Bonchev–Trinajstić information content (AvgIpc) is 0.735. The molecule has 0 radical (unpaired) electrons. The fraction of sp³-hybridized carbons (Fsp3) is 0.870. The van der Waals surface area contributed by atoms with Crippen molar-refractivity contribution in [1.82, 2.24) is 107 Å². The van der Waals surface area contributed by atoms with Gasteiger partial charge in [-0.3, -0.25) is 49.8 Å². The number of nitrogens with zero attached hydrogens (tertiary/aromatic N) is 11. The van der Waals surface area contributed by atoms with Crippen molar-refractivity contribution in [1.29, 1.82) is 0 Å². The third kappa shape index (κ3) is 20.9. The number of nitrogens with one attached hydrogen (secondary N) is 10. The van der Waals surface area contributed by atoms with E-state index in [1.54, 1.807) is 16.7 Å². The summed E-state index contributed by atoms with van der Waals surface area (Å²) in [5.41, 5.74) is 0. The largest absolute Gasteiger partial charge is 0.340 e. The molecule has 33 unspecified atom stereocenters. The van der Waals surface area contributed by atoms with E-state index in [-0.39, 0.29) is 195 Å². The van der Waals surface area contributed by atoms with Crippen LogP contribution in [0, 0.1) is 71.0 Å². The summed E-state index contributed by atoms with van der Waals surface area (Å²) in [6.45, 7) is 43.1. The van der Waals surface area contributed by atoms with E-state index in [0.717, 1.165) is 116 Å². The maximum atomic E-state index is 16.8. The van der Waals surface area contributed by atoms with Crippen LogP contribution in [0.15, 0.2) is 38.0 Å². The highest BCUT2D eigenvalue weighted by atomic mass is 32.1. The fourth-order valence-corrected chi connectivity index (χ4v) is 29.9. The highest BCUT2D eigenvalue weighted by Crippen LogP contribution is 2.50. The Kier molecular flexibility index (Phi) is 34.2. The first-order valence-electron chi connectivity index (χ1n) is 52.5. The van der Waals surface area contributed by atoms with E-state index in [1.165, 1.54) is 18.2 Å². The lowest BCUT2D eigenvalue weighted by Crippen LogP contribution is -2.80. The van der Waals surface area contributed by atoms with Crippen molar-refractivity contribution in [3.05, 3.63) is 38.0 Å². The molecule has 0 aromatic carbocycles. The molecule has 762 valence electrons. The lowest BCUT2D eigenvalue weighted by molar-refractivity contribution is -0.141. The Morgan fingerprint density at radius 3 is 1.17 bits per heavy atom. The first-order chi connectivity index (χ1) is 64.2. The molecule has 135 heavy (non-hydrogen) atoms. The van der Waals surface area contributed by atoms with Gasteiger partial charge in [0.05, 0.1) is 55.1 Å². The van der Waals surface area contributed by atoms with Crippen LogP contribution in [-0.2, 0) is 19.2 Å². The van der Waals surface area contributed by atoms with Crippen LogP contribution in [-0.4, -0.2) is 365 Å². The number of amides is 10. The van der Waals surface area contributed by atoms with Gasteiger partial charge < -0.3 is 76.4 Å². The maximum Gasteiger partial charge on any atom is 0.320 e. The summed E-state index contributed by atoms with van der Waals surface area (Å²) in [5, 5.41) is 36.0. The van der Waals surface area contributed by atoms with Gasteiger partial charge >= 0.3 is 18.1 Å². The number of fused-ring (bicyclic) bond motifs is 15. The Balaban J connectivity index is 0.000000154. The van der Waals surface area contributed by atoms with Crippen LogP contribution in [0.3, 0.4) is 0 Å². The van der Waals surface area contributed by atoms with Gasteiger partial charge in [-0.2, -0.15) is 13.5 Å². The summed E-state index contributed by atoms with van der Waals surface area (Å²) in [6.07, 6.45) is 9.43. The second kappa shape index (κ2) is 44.5. The average molecular weight is 1920 g/mol. The van der Waals surface area contributed by atoms with Gasteiger partial charge in [-0.05, 0) is 256 Å². The normalized spacial score (nSPS) is 43.5. The number of hydrogen-bond acceptors (Lipinski definition) is 18. The van der Waals surface area contributed by atoms with E-state index >= 15 is 26.3 Å². The Labute approximate surface area is 807 Å². The smallest absolute Gasteiger partial charge is 0.320 e. The molecule has 0 spiro atoms. The molecule has 37 atom stereocenters. The molecule has 0 aromatic heterocycles. The number of halogens is 6. The number of alkyl halides is 6. The van der Waals surface area contributed by atoms with E-state index in [4.69, 9.17) is 0 Å². The predicted molar refractivity (Wildman–Crippen MR) is 517 cm³/mol. The minimum Gasteiger partial charge on any atom is -0.340 e. The minimum atomic E-state index is -1.35. The van der Waals surface area contributed by atoms with Crippen molar-refractivity contribution in [2.75, 3.05) is 98.7 Å². The molecule has 0 aromatic rings. The van der Waals surface area contributed by atoms with Crippen LogP contribution in [0.25, 0.3) is 0 Å². The van der Waals surface area contributed by atoms with Gasteiger partial charge in [0.1, 0.15) is 37.0 Å². The highest BCUT2D eigenvalue weighted by Gasteiger charge is 2.64. The Morgan fingerprint density at radius 1 is 0.378 bits per heavy atom. The van der Waals surface area contributed by atoms with Crippen molar-refractivity contribution in [3.63, 3.8) is 0 Å². The summed E-state index contributed by atoms with van der Waals surface area (Å²) in [7, 11) is 2.10. The van der Waals surface area contributed by atoms with Crippen molar-refractivity contribution in [2.24, 2.45) is 71.0 Å². The fourth-order valence-electron chi connectivity index (χ4n) is 29.9. The van der Waals surface area contributed by atoms with Crippen molar-refractivity contribution >= 4 is 55.2 Å². The van der Waals surface area contributed by atoms with Crippen LogP contribution >= 0.6 is 13.5 Å². The molecule has 15 saturated heterocycles. The van der Waals surface area contributed by atoms with Crippen LogP contribution in [0.4, 0.5) is 40.7 Å². The number of urea groups is 3. The first kappa shape index (κ1) is 104. The summed E-state index contributed by atoms with van der Waals surface area (Å²) in [4.78, 5) is 116. The summed E-state index contributed by atoms with van der Waals surface area (Å²) in [5.74, 6) is -1.04. The van der Waals surface area contributed by atoms with Gasteiger partial charge in [-0.15, -0.1) is 0 Å². The van der Waals surface area contributed by atoms with Crippen LogP contribution in [0.5, 0.6) is 0 Å². The zero-order chi connectivity index (χ0) is 95.4. The summed E-state index contributed by atoms with van der Waals surface area (Å²) < 4.78 is 97.9. The number of piperidine rings is 6. The highest BCUT2D eigenvalue weighted by molar-refractivity contribution is 7.59. The van der Waals surface area contributed by atoms with E-state index < -0.39 is 97.6 Å². The quantitative estimate of drug-likeness (QED) is 0.0762. The summed E-state index contributed by atoms with van der Waals surface area (Å²) in [6, 6.07) is -3.22. The van der Waals surface area contributed by atoms with E-state index in [1.807, 2.05) is 38.3 Å². The van der Waals surface area contributed by atoms with E-state index in [0.29, 0.717) is 115 Å². The monoisotopic (exact) mass is 1920 g/mol. The molecule has 10 amide bonds. The Hall–Kier alpha value is -5.60. The van der Waals surface area contributed by atoms with Gasteiger partial charge in [0.15, 0.2) is 0 Å². The predicted octanol–water partition coefficient (Wildman–Crippen LogP) is 8.88. The first-order valence-corrected chi connectivity index (χ1v) is 52.5. The van der Waals surface area contributed by atoms with Gasteiger partial charge in [0.2, 0.25) is 23.6 Å². The van der Waals surface area contributed by atoms with Gasteiger partial charge in [-0.25, -0.2) is 40.7 Å². The molecule has 3 saturated carbocycles. The molecular weight excluding hydrogens is 1750 g/mol. The van der Waals surface area contributed by atoms with Crippen molar-refractivity contribution < 1.29 is 59.9 Å². The van der Waals surface area contributed by atoms with E-state index in [2.05, 4.69) is 155 Å². The molecular formula is C100H167F6N21O7S. The molecule has 35 heteroatoms. The number of carbonyl (C=O) groups is 7. The van der Waals surface area contributed by atoms with Crippen LogP contribution in [0.1, 0.15) is 211 Å². The number of piperazine rings is 3. The SMILES string of the molecule is C=CC(=O)N1CCN(C2NC(=O)N3C4NC(C(F)CC42)C2C(F)CCCC2N(C)CCCC2CCNC(C(C)C)C23)[C@@H](C)C1.C=CC(=O)N1CCN(C2NC(=O)N3C4NC(C(F)CC42)C2C(F)CCCC2NCCCC2CCNC(C(C)C)C23)[C@@H](C)C1.C=CC(=O)N1C[C@H](C)N(C2NC(=O)N3C4NC(C(F)CC42)C2C(F)CCCC2N(C(C)=O)CCCC2CCNC(C(C)C)C23)C[C@H]1C.S. The molecule has 28 nitrogen and oxygen atoms in total. The number of hydrogen-bond donors (Lipinski definition) is 10. The molecule has 10 N–H and O–H groups in total. The Morgan fingerprint density at radius 2 is 0.756 bits per heavy atom. The van der Waals surface area contributed by atoms with Crippen LogP contribution in [0.2, 0.25) is 0 Å². The Bertz CT molecular complexity index is 4090. The van der Waals surface area contributed by atoms with Crippen molar-refractivity contribution in [3.8, 4) is 0 Å². The topological polar surface area (TPSA) is 275 Å². The zero-order valence-corrected chi connectivity index (χ0v) is 83.7. The molecule has 6 bridgehead atoms. The lowest BCUT2D eigenvalue weighted by Gasteiger charge is -2.61. The second-order valence-electron chi connectivity index (χ2n) is 45.0. The van der Waals surface area contributed by atoms with Gasteiger partial charge in [0.25, 0.3) is 0 Å². The second-order valence-corrected chi connectivity index (χ2v) is 45.0. The van der Waals surface area contributed by atoms with Gasteiger partial charge in [0, 0.05) is 180 Å². The molecule has 18 aliphatic rings. The third-order valence-electron chi connectivity index (χ3n) is 36.2. The molecule has 3 aliphatic carbocycles. The van der Waals surface area contributed by atoms with Crippen LogP contribution < -0.4 is 53.2 Å². The maximum absolute atomic E-state index is 16.8. The number of rotatable bonds is 9. The lowest BCUT2D eigenvalue weighted by atomic mass is 9.71. The molecule has 15 heterocycles. The minimum absolute atomic E-state index is 0. The molecule has 18 fully saturated rings. The number of carbonyl (C=O) groups excluding carboxylic acids is 7. The third-order valence-corrected chi connectivity index (χ3v) is 36.2. The summed E-state index contributed by atoms with van der Waals surface area (Å²) >= 11 is 0. The molecule has 18 rings (SSSR count). The van der Waals surface area contributed by atoms with Crippen molar-refractivity contribution in [2.45, 2.75) is 382 Å². The standard InChI is InChI=1S/C35H57F2N7O3.C33H55F2N7O2.C32H53F2N7O2.H2S/c1-7-28(46)42-17-21(5)43(18-20(42)4)33-24-16-26(37)31-29-25(36)11-8-12-27(29)41(22(6)45)15-9-10-23-13-14-38-30(19(2)3)32(23)44(34(24)39-31)35(47)40-33;1-6-26(43)40-15-16-41(20(4)18-40)31-22-17-24(35)29-27-23(34)10-7-11-25(27)39(5)14-8-9-21-12-13-36-28(19(2)3)30(21)42(32(22)37-29)33(44)38-31;1-5-25(42)39-14-15-40(19(4)17-39)30-21-16-23(34)28-26-22(33)9-6-10-24(26)35-12-7-8-20-11-13-36-27(18(2)3)29(20)41(31(21)37-28)32(43)38-30;/h7,19-21,23-27,29-34,38-39H,1,8-18H2,2-6H3,(H,40,47);6,19-25,27-32,36-37H,1,7-18H2,2-5H3,(H,38,44);5,18-24,26-31,35-37H,1,6-17H2,2-4H3,(H,38,43);1H2/t20-,21+,23?,24?,25?,26?,27?,29?,30?,31?,32?,33?,34?;20-,21?,22?,23?,24?,25?,27?,28?,29?,30?,31?,32?;19-,20?,21?,22?,23?,24?,26?,27?,28?,29?,30?,31?;/m100./s1. The molecule has 15 aliphatic heterocycles. The van der Waals surface area contributed by atoms with Gasteiger partial charge in [-0.1, -0.05) is 61.3 Å². The zero-order valence-electron chi connectivity index (χ0n) is 82.7. The van der Waals surface area contributed by atoms with E-state index in [9.17, 15) is 33.6 Å².